The van der Waals surface area contributed by atoms with Crippen LogP contribution in [-0.4, -0.2) is 37.4 Å². The second-order valence-corrected chi connectivity index (χ2v) is 7.40. The molecule has 0 aliphatic carbocycles. The number of hydrogen-bond donors (Lipinski definition) is 1. The Morgan fingerprint density at radius 1 is 1.07 bits per heavy atom. The van der Waals surface area contributed by atoms with Crippen LogP contribution in [0.3, 0.4) is 0 Å². The Kier molecular flexibility index (Phi) is 9.23. The Bertz CT molecular complexity index is 917. The van der Waals surface area contributed by atoms with Crippen molar-refractivity contribution in [2.24, 2.45) is 5.10 Å². The van der Waals surface area contributed by atoms with Crippen molar-refractivity contribution in [1.29, 1.82) is 0 Å². The summed E-state index contributed by atoms with van der Waals surface area (Å²) in [6.07, 6.45) is 1.25. The first-order valence-corrected chi connectivity index (χ1v) is 9.89. The highest BCUT2D eigenvalue weighted by atomic mass is 35.5. The highest BCUT2D eigenvalue weighted by molar-refractivity contribution is 6.44. The van der Waals surface area contributed by atoms with Gasteiger partial charge in [0, 0.05) is 11.1 Å². The summed E-state index contributed by atoms with van der Waals surface area (Å²) in [7, 11) is 0. The molecule has 7 nitrogen and oxygen atoms in total. The second-order valence-electron chi connectivity index (χ2n) is 6.18. The maximum absolute atomic E-state index is 11.8. The largest absolute Gasteiger partial charge is 0.482 e. The van der Waals surface area contributed by atoms with Gasteiger partial charge in [-0.1, -0.05) is 34.8 Å². The monoisotopic (exact) mass is 472 g/mol. The number of amides is 1. The number of rotatable bonds is 9. The lowest BCUT2D eigenvalue weighted by atomic mass is 10.2. The number of hydrogen-bond acceptors (Lipinski definition) is 6. The summed E-state index contributed by atoms with van der Waals surface area (Å²) in [4.78, 5) is 23.3. The van der Waals surface area contributed by atoms with E-state index in [2.05, 4.69) is 10.5 Å². The van der Waals surface area contributed by atoms with Crippen molar-refractivity contribution in [3.8, 4) is 11.5 Å². The van der Waals surface area contributed by atoms with Crippen molar-refractivity contribution in [3.63, 3.8) is 0 Å². The lowest BCUT2D eigenvalue weighted by Crippen LogP contribution is -2.24. The first-order chi connectivity index (χ1) is 14.2. The van der Waals surface area contributed by atoms with Crippen LogP contribution in [0.25, 0.3) is 0 Å². The maximum Gasteiger partial charge on any atom is 0.344 e. The molecule has 0 aromatic heterocycles. The average molecular weight is 474 g/mol. The van der Waals surface area contributed by atoms with Crippen LogP contribution in [-0.2, 0) is 14.3 Å². The van der Waals surface area contributed by atoms with Gasteiger partial charge in [-0.05, 0) is 49.7 Å². The summed E-state index contributed by atoms with van der Waals surface area (Å²) in [5.74, 6) is -0.243. The number of halogens is 3. The van der Waals surface area contributed by atoms with Crippen LogP contribution in [0.1, 0.15) is 19.4 Å². The number of carbonyl (C=O) groups is 2. The van der Waals surface area contributed by atoms with Crippen molar-refractivity contribution in [2.45, 2.75) is 20.0 Å². The Balaban J connectivity index is 1.78. The summed E-state index contributed by atoms with van der Waals surface area (Å²) >= 11 is 17.8. The Morgan fingerprint density at radius 2 is 1.77 bits per heavy atom. The van der Waals surface area contributed by atoms with Gasteiger partial charge in [0.15, 0.2) is 13.2 Å². The molecule has 0 saturated heterocycles. The summed E-state index contributed by atoms with van der Waals surface area (Å²) in [5, 5.41) is 4.57. The number of nitrogens with zero attached hydrogens (tertiary/aromatic N) is 1. The second kappa shape index (κ2) is 11.6. The highest BCUT2D eigenvalue weighted by Gasteiger charge is 2.10. The molecule has 0 fully saturated rings. The third-order valence-corrected chi connectivity index (χ3v) is 4.33. The van der Waals surface area contributed by atoms with Crippen molar-refractivity contribution in [2.75, 3.05) is 13.2 Å². The average Bonchev–Trinajstić information content (AvgIpc) is 2.68. The first-order valence-electron chi connectivity index (χ1n) is 8.76. The summed E-state index contributed by atoms with van der Waals surface area (Å²) < 4.78 is 15.6. The zero-order valence-electron chi connectivity index (χ0n) is 16.2. The smallest absolute Gasteiger partial charge is 0.344 e. The molecule has 2 aromatic carbocycles. The van der Waals surface area contributed by atoms with Gasteiger partial charge >= 0.3 is 5.97 Å². The van der Waals surface area contributed by atoms with Gasteiger partial charge in [0.2, 0.25) is 0 Å². The van der Waals surface area contributed by atoms with Gasteiger partial charge in [0.25, 0.3) is 5.91 Å². The predicted octanol–water partition coefficient (Wildman–Crippen LogP) is 4.51. The van der Waals surface area contributed by atoms with Gasteiger partial charge < -0.3 is 14.2 Å². The number of benzene rings is 2. The van der Waals surface area contributed by atoms with E-state index in [-0.39, 0.29) is 35.1 Å². The van der Waals surface area contributed by atoms with Gasteiger partial charge in [0.1, 0.15) is 16.5 Å². The van der Waals surface area contributed by atoms with E-state index in [0.29, 0.717) is 16.3 Å². The molecular weight excluding hydrogens is 455 g/mol. The maximum atomic E-state index is 11.8. The van der Waals surface area contributed by atoms with E-state index in [1.54, 1.807) is 38.1 Å². The zero-order valence-corrected chi connectivity index (χ0v) is 18.4. The molecule has 0 spiro atoms. The molecule has 1 amide bonds. The van der Waals surface area contributed by atoms with Crippen LogP contribution >= 0.6 is 34.8 Å². The standard InChI is InChI=1S/C20H19Cl3N2O5/c1-12(2)30-19(27)11-28-15-5-3-13(4-6-15)9-24-25-18(26)10-29-17-8-14(21)7-16(22)20(17)23/h3-9,12H,10-11H2,1-2H3,(H,25,26)/b24-9-. The molecule has 0 radical (unpaired) electrons. The minimum Gasteiger partial charge on any atom is -0.482 e. The molecule has 2 rings (SSSR count). The van der Waals surface area contributed by atoms with Crippen LogP contribution in [0.4, 0.5) is 0 Å². The topological polar surface area (TPSA) is 86.2 Å². The fourth-order valence-corrected chi connectivity index (χ4v) is 2.72. The van der Waals surface area contributed by atoms with E-state index in [0.717, 1.165) is 0 Å². The minimum atomic E-state index is -0.498. The molecule has 0 saturated carbocycles. The van der Waals surface area contributed by atoms with Gasteiger partial charge in [0.05, 0.1) is 17.3 Å². The number of hydrazone groups is 1. The molecule has 2 aromatic rings. The SMILES string of the molecule is CC(C)OC(=O)COc1ccc(/C=N\NC(=O)COc2cc(Cl)cc(Cl)c2Cl)cc1. The van der Waals surface area contributed by atoms with Gasteiger partial charge in [-0.3, -0.25) is 4.79 Å². The van der Waals surface area contributed by atoms with E-state index in [1.165, 1.54) is 18.3 Å². The first kappa shape index (κ1) is 23.8. The minimum absolute atomic E-state index is 0.164. The molecule has 0 aliphatic heterocycles. The van der Waals surface area contributed by atoms with Gasteiger partial charge in [-0.2, -0.15) is 5.10 Å². The van der Waals surface area contributed by atoms with Crippen molar-refractivity contribution in [1.82, 2.24) is 5.43 Å². The highest BCUT2D eigenvalue weighted by Crippen LogP contribution is 2.35. The quantitative estimate of drug-likeness (QED) is 0.251. The van der Waals surface area contributed by atoms with Crippen molar-refractivity contribution in [3.05, 3.63) is 57.0 Å². The molecule has 10 heteroatoms. The zero-order chi connectivity index (χ0) is 22.1. The molecule has 0 bridgehead atoms. The normalized spacial score (nSPS) is 10.9. The summed E-state index contributed by atoms with van der Waals surface area (Å²) in [5.41, 5.74) is 3.03. The van der Waals surface area contributed by atoms with E-state index >= 15 is 0 Å². The number of carbonyl (C=O) groups excluding carboxylic acids is 2. The molecule has 1 N–H and O–H groups in total. The third-order valence-electron chi connectivity index (χ3n) is 3.33. The lowest BCUT2D eigenvalue weighted by molar-refractivity contribution is -0.149. The molecule has 0 heterocycles. The molecule has 0 unspecified atom stereocenters. The Labute approximate surface area is 188 Å². The summed E-state index contributed by atoms with van der Waals surface area (Å²) in [6.45, 7) is 3.02. The number of ether oxygens (including phenoxy) is 3. The predicted molar refractivity (Wildman–Crippen MR) is 116 cm³/mol. The van der Waals surface area contributed by atoms with Crippen LogP contribution in [0.15, 0.2) is 41.5 Å². The molecule has 0 atom stereocenters. The lowest BCUT2D eigenvalue weighted by Gasteiger charge is -2.09. The van der Waals surface area contributed by atoms with E-state index in [1.807, 2.05) is 0 Å². The van der Waals surface area contributed by atoms with E-state index in [4.69, 9.17) is 49.0 Å². The van der Waals surface area contributed by atoms with Gasteiger partial charge in [-0.25, -0.2) is 10.2 Å². The molecule has 30 heavy (non-hydrogen) atoms. The fraction of sp³-hybridized carbons (Fsp3) is 0.250. The Hall–Kier alpha value is -2.48. The van der Waals surface area contributed by atoms with E-state index in [9.17, 15) is 9.59 Å². The fourth-order valence-electron chi connectivity index (χ4n) is 2.08. The van der Waals surface area contributed by atoms with Crippen LogP contribution in [0, 0.1) is 0 Å². The van der Waals surface area contributed by atoms with Crippen LogP contribution in [0.5, 0.6) is 11.5 Å². The van der Waals surface area contributed by atoms with Crippen molar-refractivity contribution >= 4 is 52.9 Å². The number of nitrogens with one attached hydrogen (secondary N) is 1. The molecule has 160 valence electrons. The molecular formula is C20H19Cl3N2O5. The third kappa shape index (κ3) is 8.10. The molecule has 0 aliphatic rings. The van der Waals surface area contributed by atoms with Crippen LogP contribution in [0.2, 0.25) is 15.1 Å². The Morgan fingerprint density at radius 3 is 2.43 bits per heavy atom. The van der Waals surface area contributed by atoms with Crippen molar-refractivity contribution < 1.29 is 23.8 Å². The van der Waals surface area contributed by atoms with E-state index < -0.39 is 11.9 Å². The van der Waals surface area contributed by atoms with Crippen LogP contribution < -0.4 is 14.9 Å². The van der Waals surface area contributed by atoms with Gasteiger partial charge in [-0.15, -0.1) is 0 Å². The number of esters is 1. The summed E-state index contributed by atoms with van der Waals surface area (Å²) in [6, 6.07) is 9.68.